The van der Waals surface area contributed by atoms with Gasteiger partial charge in [0.15, 0.2) is 0 Å². The van der Waals surface area contributed by atoms with Crippen LogP contribution in [0.1, 0.15) is 41.5 Å². The zero-order valence-electron chi connectivity index (χ0n) is 9.04. The summed E-state index contributed by atoms with van der Waals surface area (Å²) >= 11 is 0. The average Bonchev–Trinajstić information content (AvgIpc) is 1.94. The number of hydrogen-bond donors (Lipinski definition) is 0. The lowest BCUT2D eigenvalue weighted by Crippen LogP contribution is -2.36. The Labute approximate surface area is 88.6 Å². The molecule has 1 rings (SSSR count). The van der Waals surface area contributed by atoms with Crippen LogP contribution in [0.2, 0.25) is 0 Å². The van der Waals surface area contributed by atoms with Gasteiger partial charge < -0.3 is 0 Å². The Hall–Kier alpha value is -0.850. The molecule has 0 spiro atoms. The van der Waals surface area contributed by atoms with E-state index in [0.29, 0.717) is 0 Å². The minimum atomic E-state index is -0.0717. The predicted molar refractivity (Wildman–Crippen MR) is 66.0 cm³/mol. The molecule has 1 nitrogen and oxygen atoms in total. The summed E-state index contributed by atoms with van der Waals surface area (Å²) in [6.07, 6.45) is 11.4. The van der Waals surface area contributed by atoms with Crippen LogP contribution in [0.4, 0.5) is 0 Å². The molecule has 0 saturated carbocycles. The van der Waals surface area contributed by atoms with Gasteiger partial charge in [-0.15, -0.1) is 0 Å². The highest BCUT2D eigenvalue weighted by atomic mass is 14.9. The minimum absolute atomic E-state index is 0. The summed E-state index contributed by atoms with van der Waals surface area (Å²) < 4.78 is 0. The standard InChI is InChI=1S/C12H19N.CH4/c1-11(2,3)12(4)9-7-5-6-8-10-13-12;/h5-7,9-10H,8H2,1-4H3;1H4/b6-5-,9-7-,13-10?;. The van der Waals surface area contributed by atoms with Crippen molar-refractivity contribution in [3.63, 3.8) is 0 Å². The van der Waals surface area contributed by atoms with E-state index in [0.717, 1.165) is 6.42 Å². The molecule has 14 heavy (non-hydrogen) atoms. The highest BCUT2D eigenvalue weighted by Gasteiger charge is 2.33. The normalized spacial score (nSPS) is 31.1. The molecule has 0 bridgehead atoms. The van der Waals surface area contributed by atoms with Gasteiger partial charge in [-0.1, -0.05) is 52.5 Å². The monoisotopic (exact) mass is 193 g/mol. The molecule has 0 aromatic rings. The van der Waals surface area contributed by atoms with Crippen LogP contribution in [0.25, 0.3) is 0 Å². The number of nitrogens with zero attached hydrogens (tertiary/aromatic N) is 1. The van der Waals surface area contributed by atoms with E-state index in [2.05, 4.69) is 57.0 Å². The van der Waals surface area contributed by atoms with E-state index >= 15 is 0 Å². The maximum Gasteiger partial charge on any atom is 0.0806 e. The van der Waals surface area contributed by atoms with Gasteiger partial charge in [-0.3, -0.25) is 4.99 Å². The van der Waals surface area contributed by atoms with Crippen LogP contribution < -0.4 is 0 Å². The van der Waals surface area contributed by atoms with E-state index in [1.807, 2.05) is 6.21 Å². The molecule has 80 valence electrons. The van der Waals surface area contributed by atoms with Crippen molar-refractivity contribution in [2.45, 2.75) is 47.1 Å². The van der Waals surface area contributed by atoms with Gasteiger partial charge >= 0.3 is 0 Å². The van der Waals surface area contributed by atoms with Gasteiger partial charge in [-0.25, -0.2) is 0 Å². The zero-order chi connectivity index (χ0) is 9.95. The van der Waals surface area contributed by atoms with Gasteiger partial charge in [-0.2, -0.15) is 0 Å². The molecule has 1 atom stereocenters. The van der Waals surface area contributed by atoms with Crippen LogP contribution in [-0.4, -0.2) is 11.8 Å². The van der Waals surface area contributed by atoms with Crippen molar-refractivity contribution in [1.82, 2.24) is 0 Å². The van der Waals surface area contributed by atoms with Gasteiger partial charge in [0.25, 0.3) is 0 Å². The van der Waals surface area contributed by atoms with E-state index in [9.17, 15) is 0 Å². The zero-order valence-corrected chi connectivity index (χ0v) is 9.04. The molecule has 0 saturated heterocycles. The molecule has 0 aliphatic carbocycles. The Kier molecular flexibility index (Phi) is 4.31. The lowest BCUT2D eigenvalue weighted by Gasteiger charge is -2.36. The maximum atomic E-state index is 4.62. The summed E-state index contributed by atoms with van der Waals surface area (Å²) in [5.41, 5.74) is 0.100. The molecule has 0 N–H and O–H groups in total. The number of aliphatic imine (C=N–C) groups is 1. The Morgan fingerprint density at radius 2 is 1.86 bits per heavy atom. The molecule has 0 radical (unpaired) electrons. The lowest BCUT2D eigenvalue weighted by atomic mass is 9.75. The third kappa shape index (κ3) is 2.83. The third-order valence-electron chi connectivity index (χ3n) is 2.79. The lowest BCUT2D eigenvalue weighted by molar-refractivity contribution is 0.265. The van der Waals surface area contributed by atoms with Crippen LogP contribution in [0, 0.1) is 5.41 Å². The van der Waals surface area contributed by atoms with Crippen LogP contribution >= 0.6 is 0 Å². The molecular weight excluding hydrogens is 170 g/mol. The summed E-state index contributed by atoms with van der Waals surface area (Å²) in [5, 5.41) is 0. The fourth-order valence-corrected chi connectivity index (χ4v) is 1.19. The average molecular weight is 193 g/mol. The van der Waals surface area contributed by atoms with E-state index in [-0.39, 0.29) is 18.4 Å². The topological polar surface area (TPSA) is 12.4 Å². The van der Waals surface area contributed by atoms with Crippen molar-refractivity contribution in [3.8, 4) is 0 Å². The molecular formula is C13H23N. The van der Waals surface area contributed by atoms with Gasteiger partial charge in [0.1, 0.15) is 0 Å². The predicted octanol–water partition coefficient (Wildman–Crippen LogP) is 4.01. The van der Waals surface area contributed by atoms with Crippen molar-refractivity contribution in [2.24, 2.45) is 10.4 Å². The number of allylic oxidation sites excluding steroid dienone is 3. The first-order valence-corrected chi connectivity index (χ1v) is 4.84. The maximum absolute atomic E-state index is 4.62. The summed E-state index contributed by atoms with van der Waals surface area (Å²) in [5.74, 6) is 0. The first-order chi connectivity index (χ1) is 5.96. The Balaban J connectivity index is 0.00000169. The molecule has 0 aromatic heterocycles. The molecule has 0 fully saturated rings. The van der Waals surface area contributed by atoms with E-state index in [1.54, 1.807) is 0 Å². The molecule has 1 heteroatoms. The number of rotatable bonds is 0. The second kappa shape index (κ2) is 4.59. The van der Waals surface area contributed by atoms with Crippen molar-refractivity contribution in [1.29, 1.82) is 0 Å². The van der Waals surface area contributed by atoms with Gasteiger partial charge in [0.05, 0.1) is 5.54 Å². The third-order valence-corrected chi connectivity index (χ3v) is 2.79. The Morgan fingerprint density at radius 1 is 1.21 bits per heavy atom. The summed E-state index contributed by atoms with van der Waals surface area (Å²) in [6, 6.07) is 0. The first-order valence-electron chi connectivity index (χ1n) is 4.84. The second-order valence-corrected chi connectivity index (χ2v) is 4.73. The molecule has 1 heterocycles. The van der Waals surface area contributed by atoms with E-state index < -0.39 is 0 Å². The second-order valence-electron chi connectivity index (χ2n) is 4.73. The molecule has 1 aliphatic rings. The SMILES string of the molecule is C.CC(C)(C)C1(C)/C=C\C=C/CC=N1. The van der Waals surface area contributed by atoms with Crippen molar-refractivity contribution >= 4 is 6.21 Å². The van der Waals surface area contributed by atoms with Gasteiger partial charge in [0.2, 0.25) is 0 Å². The van der Waals surface area contributed by atoms with Crippen molar-refractivity contribution in [3.05, 3.63) is 24.3 Å². The summed E-state index contributed by atoms with van der Waals surface area (Å²) in [4.78, 5) is 4.62. The largest absolute Gasteiger partial charge is 0.286 e. The van der Waals surface area contributed by atoms with Crippen molar-refractivity contribution in [2.75, 3.05) is 0 Å². The van der Waals surface area contributed by atoms with Gasteiger partial charge in [0, 0.05) is 12.6 Å². The summed E-state index contributed by atoms with van der Waals surface area (Å²) in [7, 11) is 0. The summed E-state index contributed by atoms with van der Waals surface area (Å²) in [6.45, 7) is 8.85. The molecule has 0 amide bonds. The van der Waals surface area contributed by atoms with Crippen LogP contribution in [-0.2, 0) is 0 Å². The van der Waals surface area contributed by atoms with Crippen molar-refractivity contribution < 1.29 is 0 Å². The quantitative estimate of drug-likeness (QED) is 0.551. The Bertz CT molecular complexity index is 253. The molecule has 0 aromatic carbocycles. The first kappa shape index (κ1) is 13.2. The van der Waals surface area contributed by atoms with Gasteiger partial charge in [-0.05, 0) is 12.3 Å². The Morgan fingerprint density at radius 3 is 2.43 bits per heavy atom. The van der Waals surface area contributed by atoms with Crippen LogP contribution in [0.15, 0.2) is 29.3 Å². The van der Waals surface area contributed by atoms with E-state index in [1.165, 1.54) is 0 Å². The molecule has 1 unspecified atom stereocenters. The minimum Gasteiger partial charge on any atom is -0.286 e. The van der Waals surface area contributed by atoms with Crippen LogP contribution in [0.5, 0.6) is 0 Å². The fraction of sp³-hybridized carbons (Fsp3) is 0.615. The van der Waals surface area contributed by atoms with E-state index in [4.69, 9.17) is 0 Å². The number of hydrogen-bond acceptors (Lipinski definition) is 1. The fourth-order valence-electron chi connectivity index (χ4n) is 1.19. The highest BCUT2D eigenvalue weighted by molar-refractivity contribution is 5.61. The highest BCUT2D eigenvalue weighted by Crippen LogP contribution is 2.35. The van der Waals surface area contributed by atoms with Crippen LogP contribution in [0.3, 0.4) is 0 Å². The molecule has 1 aliphatic heterocycles. The smallest absolute Gasteiger partial charge is 0.0806 e.